The zero-order valence-electron chi connectivity index (χ0n) is 30.4. The third-order valence-corrected chi connectivity index (χ3v) is 12.4. The van der Waals surface area contributed by atoms with Gasteiger partial charge >= 0.3 is 0 Å². The molecule has 0 saturated heterocycles. The van der Waals surface area contributed by atoms with Crippen molar-refractivity contribution in [1.29, 1.82) is 0 Å². The van der Waals surface area contributed by atoms with Gasteiger partial charge < -0.3 is 9.13 Å². The SMILES string of the molecule is c1ccc(-n2c3ccccc3c3c4c5ccccc5c5ccccc5c4c4c5ccccc5n(-c5ccc6c7ccccc7c7ccccc7c6c5)c4c32)cc1. The maximum atomic E-state index is 2.57. The van der Waals surface area contributed by atoms with Crippen molar-refractivity contribution in [2.45, 2.75) is 0 Å². The van der Waals surface area contributed by atoms with Gasteiger partial charge in [0.25, 0.3) is 0 Å². The Bertz CT molecular complexity index is 3770. The van der Waals surface area contributed by atoms with E-state index in [1.165, 1.54) is 108 Å². The van der Waals surface area contributed by atoms with Crippen LogP contribution < -0.4 is 0 Å². The minimum Gasteiger partial charge on any atom is -0.307 e. The van der Waals surface area contributed by atoms with E-state index in [9.17, 15) is 0 Å². The highest BCUT2D eigenvalue weighted by Crippen LogP contribution is 2.51. The van der Waals surface area contributed by atoms with Gasteiger partial charge in [0.2, 0.25) is 0 Å². The predicted octanol–water partition coefficient (Wildman–Crippen LogP) is 14.8. The van der Waals surface area contributed by atoms with Crippen LogP contribution in [0, 0.1) is 0 Å². The summed E-state index contributed by atoms with van der Waals surface area (Å²) in [5.41, 5.74) is 7.14. The summed E-state index contributed by atoms with van der Waals surface area (Å²) in [6.07, 6.45) is 0. The lowest BCUT2D eigenvalue weighted by molar-refractivity contribution is 1.15. The summed E-state index contributed by atoms with van der Waals surface area (Å²) < 4.78 is 5.09. The largest absolute Gasteiger partial charge is 0.307 e. The normalized spacial score (nSPS) is 12.3. The van der Waals surface area contributed by atoms with Crippen LogP contribution in [0.25, 0.3) is 120 Å². The number of para-hydroxylation sites is 3. The number of fused-ring (bicyclic) bond motifs is 21. The number of nitrogens with zero attached hydrogens (tertiary/aromatic N) is 2. The Morgan fingerprint density at radius 2 is 0.554 bits per heavy atom. The quantitative estimate of drug-likeness (QED) is 0.158. The highest BCUT2D eigenvalue weighted by molar-refractivity contribution is 6.45. The Labute approximate surface area is 321 Å². The molecule has 0 fully saturated rings. The molecule has 0 aliphatic carbocycles. The maximum absolute atomic E-state index is 2.57. The van der Waals surface area contributed by atoms with Gasteiger partial charge in [0.15, 0.2) is 0 Å². The minimum absolute atomic E-state index is 1.15. The molecular formula is C54H32N2. The van der Waals surface area contributed by atoms with Crippen LogP contribution in [-0.4, -0.2) is 9.13 Å². The van der Waals surface area contributed by atoms with Crippen LogP contribution in [0.2, 0.25) is 0 Å². The lowest BCUT2D eigenvalue weighted by atomic mass is 9.89. The molecule has 2 nitrogen and oxygen atoms in total. The van der Waals surface area contributed by atoms with E-state index in [4.69, 9.17) is 0 Å². The van der Waals surface area contributed by atoms with Gasteiger partial charge in [-0.25, -0.2) is 0 Å². The highest BCUT2D eigenvalue weighted by atomic mass is 15.0. The van der Waals surface area contributed by atoms with Crippen molar-refractivity contribution in [3.8, 4) is 11.4 Å². The van der Waals surface area contributed by atoms with Crippen LogP contribution in [0.4, 0.5) is 0 Å². The van der Waals surface area contributed by atoms with Crippen LogP contribution >= 0.6 is 0 Å². The Balaban J connectivity index is 1.35. The van der Waals surface area contributed by atoms with Crippen molar-refractivity contribution in [3.63, 3.8) is 0 Å². The van der Waals surface area contributed by atoms with Gasteiger partial charge in [-0.3, -0.25) is 0 Å². The summed E-state index contributed by atoms with van der Waals surface area (Å²) in [7, 11) is 0. The summed E-state index contributed by atoms with van der Waals surface area (Å²) in [6, 6.07) is 71.9. The van der Waals surface area contributed by atoms with E-state index < -0.39 is 0 Å². The molecule has 13 aromatic rings. The first-order valence-corrected chi connectivity index (χ1v) is 19.5. The molecule has 0 radical (unpaired) electrons. The molecular weight excluding hydrogens is 677 g/mol. The molecule has 0 aliphatic heterocycles. The van der Waals surface area contributed by atoms with E-state index in [0.29, 0.717) is 0 Å². The molecule has 0 aliphatic rings. The fraction of sp³-hybridized carbons (Fsp3) is 0. The predicted molar refractivity (Wildman–Crippen MR) is 240 cm³/mol. The monoisotopic (exact) mass is 708 g/mol. The second-order valence-corrected chi connectivity index (χ2v) is 15.2. The van der Waals surface area contributed by atoms with Gasteiger partial charge in [0, 0.05) is 43.7 Å². The fourth-order valence-corrected chi connectivity index (χ4v) is 10.2. The van der Waals surface area contributed by atoms with Crippen molar-refractivity contribution in [2.75, 3.05) is 0 Å². The zero-order valence-corrected chi connectivity index (χ0v) is 30.4. The Kier molecular flexibility index (Phi) is 5.92. The van der Waals surface area contributed by atoms with Gasteiger partial charge in [-0.15, -0.1) is 0 Å². The second kappa shape index (κ2) is 11.1. The molecule has 0 unspecified atom stereocenters. The minimum atomic E-state index is 1.15. The molecule has 0 amide bonds. The van der Waals surface area contributed by atoms with Gasteiger partial charge in [0.1, 0.15) is 0 Å². The zero-order chi connectivity index (χ0) is 36.5. The van der Waals surface area contributed by atoms with Gasteiger partial charge in [-0.05, 0) is 90.3 Å². The molecule has 0 bridgehead atoms. The molecule has 2 heteroatoms. The fourth-order valence-electron chi connectivity index (χ4n) is 10.2. The molecule has 258 valence electrons. The number of hydrogen-bond acceptors (Lipinski definition) is 0. The Hall–Kier alpha value is -7.42. The number of rotatable bonds is 2. The standard InChI is InChI=1S/C54H32N2/c1-2-16-33(17-3-1)55-47-28-14-12-26-44(47)51-49-42-24-10-8-21-38(42)39-22-9-11-25-43(39)50(49)52-45-27-13-15-29-48(45)56(54(52)53(51)55)34-30-31-41-37-20-5-4-18-35(37)36-19-6-7-23-40(36)46(41)32-34/h1-32H. The first kappa shape index (κ1) is 30.0. The summed E-state index contributed by atoms with van der Waals surface area (Å²) in [5, 5.41) is 20.5. The van der Waals surface area contributed by atoms with E-state index in [2.05, 4.69) is 203 Å². The number of aromatic nitrogens is 2. The van der Waals surface area contributed by atoms with Gasteiger partial charge in [-0.2, -0.15) is 0 Å². The molecule has 13 rings (SSSR count). The van der Waals surface area contributed by atoms with Crippen LogP contribution in [-0.2, 0) is 0 Å². The second-order valence-electron chi connectivity index (χ2n) is 15.2. The van der Waals surface area contributed by atoms with Crippen molar-refractivity contribution >= 4 is 108 Å². The van der Waals surface area contributed by atoms with E-state index in [0.717, 1.165) is 11.4 Å². The third-order valence-electron chi connectivity index (χ3n) is 12.4. The highest BCUT2D eigenvalue weighted by Gasteiger charge is 2.27. The first-order chi connectivity index (χ1) is 27.8. The van der Waals surface area contributed by atoms with E-state index >= 15 is 0 Å². The van der Waals surface area contributed by atoms with Crippen LogP contribution in [0.1, 0.15) is 0 Å². The van der Waals surface area contributed by atoms with Crippen molar-refractivity contribution in [1.82, 2.24) is 9.13 Å². The smallest absolute Gasteiger partial charge is 0.0795 e. The Morgan fingerprint density at radius 3 is 1.04 bits per heavy atom. The van der Waals surface area contributed by atoms with E-state index in [-0.39, 0.29) is 0 Å². The summed E-state index contributed by atoms with van der Waals surface area (Å²) >= 11 is 0. The topological polar surface area (TPSA) is 9.86 Å². The average molecular weight is 709 g/mol. The molecule has 0 saturated carbocycles. The van der Waals surface area contributed by atoms with Crippen molar-refractivity contribution in [3.05, 3.63) is 194 Å². The van der Waals surface area contributed by atoms with E-state index in [1.807, 2.05) is 0 Å². The molecule has 56 heavy (non-hydrogen) atoms. The summed E-state index contributed by atoms with van der Waals surface area (Å²) in [6.45, 7) is 0. The number of hydrogen-bond donors (Lipinski definition) is 0. The summed E-state index contributed by atoms with van der Waals surface area (Å²) in [5.74, 6) is 0. The van der Waals surface area contributed by atoms with Gasteiger partial charge in [-0.1, -0.05) is 158 Å². The lowest BCUT2D eigenvalue weighted by Crippen LogP contribution is -1.99. The van der Waals surface area contributed by atoms with Gasteiger partial charge in [0.05, 0.1) is 22.1 Å². The number of benzene rings is 11. The molecule has 2 aromatic heterocycles. The molecule has 0 spiro atoms. The lowest BCUT2D eigenvalue weighted by Gasteiger charge is -2.17. The Morgan fingerprint density at radius 1 is 0.214 bits per heavy atom. The maximum Gasteiger partial charge on any atom is 0.0795 e. The average Bonchev–Trinajstić information content (AvgIpc) is 3.80. The summed E-state index contributed by atoms with van der Waals surface area (Å²) in [4.78, 5) is 0. The molecule has 0 atom stereocenters. The van der Waals surface area contributed by atoms with Crippen LogP contribution in [0.5, 0.6) is 0 Å². The molecule has 0 N–H and O–H groups in total. The van der Waals surface area contributed by atoms with Crippen LogP contribution in [0.15, 0.2) is 194 Å². The first-order valence-electron chi connectivity index (χ1n) is 19.5. The van der Waals surface area contributed by atoms with Crippen molar-refractivity contribution in [2.24, 2.45) is 0 Å². The van der Waals surface area contributed by atoms with Crippen LogP contribution in [0.3, 0.4) is 0 Å². The molecule has 2 heterocycles. The molecule has 11 aromatic carbocycles. The van der Waals surface area contributed by atoms with Crippen molar-refractivity contribution < 1.29 is 0 Å². The van der Waals surface area contributed by atoms with E-state index in [1.54, 1.807) is 0 Å². The third kappa shape index (κ3) is 3.80.